The fourth-order valence-electron chi connectivity index (χ4n) is 1.95. The van der Waals surface area contributed by atoms with Crippen LogP contribution in [0.1, 0.15) is 25.8 Å². The van der Waals surface area contributed by atoms with Gasteiger partial charge in [0.15, 0.2) is 0 Å². The molecule has 1 aromatic rings. The third-order valence-electron chi connectivity index (χ3n) is 2.99. The summed E-state index contributed by atoms with van der Waals surface area (Å²) < 4.78 is 18.6. The quantitative estimate of drug-likeness (QED) is 0.475. The lowest BCUT2D eigenvalue weighted by Gasteiger charge is -2.18. The zero-order valence-electron chi connectivity index (χ0n) is 12.3. The molecule has 0 fully saturated rings. The molecule has 0 aromatic heterocycles. The summed E-state index contributed by atoms with van der Waals surface area (Å²) in [5, 5.41) is 13.6. The molecule has 21 heavy (non-hydrogen) atoms. The molecule has 0 saturated heterocycles. The predicted octanol–water partition coefficient (Wildman–Crippen LogP) is 2.41. The first kappa shape index (κ1) is 17.0. The lowest BCUT2D eigenvalue weighted by atomic mass is 10.0. The highest BCUT2D eigenvalue weighted by atomic mass is 19.1. The SMILES string of the molecule is COC(=O)C(CC(C)C)NCc1cccc([N+](=O)[O-])c1F. The molecule has 0 aliphatic rings. The van der Waals surface area contributed by atoms with Gasteiger partial charge in [-0.3, -0.25) is 14.9 Å². The number of hydrogen-bond acceptors (Lipinski definition) is 5. The average Bonchev–Trinajstić information content (AvgIpc) is 2.43. The Kier molecular flexibility index (Phi) is 6.23. The van der Waals surface area contributed by atoms with E-state index in [0.29, 0.717) is 6.42 Å². The zero-order valence-corrected chi connectivity index (χ0v) is 12.3. The first-order valence-corrected chi connectivity index (χ1v) is 6.59. The standard InChI is InChI=1S/C14H19FN2O4/c1-9(2)7-11(14(18)21-3)16-8-10-5-4-6-12(13(10)15)17(19)20/h4-6,9,11,16H,7-8H2,1-3H3. The Morgan fingerprint density at radius 2 is 2.14 bits per heavy atom. The Hall–Kier alpha value is -2.02. The molecule has 1 unspecified atom stereocenters. The summed E-state index contributed by atoms with van der Waals surface area (Å²) in [7, 11) is 1.28. The molecule has 1 atom stereocenters. The fraction of sp³-hybridized carbons (Fsp3) is 0.500. The van der Waals surface area contributed by atoms with Crippen molar-refractivity contribution in [3.8, 4) is 0 Å². The van der Waals surface area contributed by atoms with Crippen molar-refractivity contribution in [1.29, 1.82) is 0 Å². The monoisotopic (exact) mass is 298 g/mol. The number of nitro benzene ring substituents is 1. The zero-order chi connectivity index (χ0) is 16.0. The number of esters is 1. The Labute approximate surface area is 122 Å². The van der Waals surface area contributed by atoms with Crippen molar-refractivity contribution in [1.82, 2.24) is 5.32 Å². The van der Waals surface area contributed by atoms with Gasteiger partial charge in [-0.2, -0.15) is 4.39 Å². The van der Waals surface area contributed by atoms with E-state index in [1.54, 1.807) is 0 Å². The number of nitrogens with zero attached hydrogens (tertiary/aromatic N) is 1. The number of nitro groups is 1. The maximum Gasteiger partial charge on any atom is 0.322 e. The summed E-state index contributed by atoms with van der Waals surface area (Å²) in [6, 6.07) is 3.38. The van der Waals surface area contributed by atoms with E-state index in [1.807, 2.05) is 13.8 Å². The molecule has 0 bridgehead atoms. The van der Waals surface area contributed by atoms with E-state index < -0.39 is 28.4 Å². The Bertz CT molecular complexity index is 520. The Balaban J connectivity index is 2.83. The average molecular weight is 298 g/mol. The normalized spacial score (nSPS) is 12.2. The maximum absolute atomic E-state index is 13.9. The molecule has 1 N–H and O–H groups in total. The topological polar surface area (TPSA) is 81.5 Å². The van der Waals surface area contributed by atoms with Gasteiger partial charge in [-0.15, -0.1) is 0 Å². The van der Waals surface area contributed by atoms with E-state index in [1.165, 1.54) is 19.2 Å². The number of halogens is 1. The van der Waals surface area contributed by atoms with Gasteiger partial charge < -0.3 is 10.1 Å². The van der Waals surface area contributed by atoms with E-state index in [2.05, 4.69) is 5.32 Å². The number of ether oxygens (including phenoxy) is 1. The number of rotatable bonds is 7. The van der Waals surface area contributed by atoms with Crippen LogP contribution in [0.2, 0.25) is 0 Å². The summed E-state index contributed by atoms with van der Waals surface area (Å²) in [5.41, 5.74) is -0.436. The highest BCUT2D eigenvalue weighted by Gasteiger charge is 2.22. The molecule has 0 amide bonds. The van der Waals surface area contributed by atoms with E-state index in [9.17, 15) is 19.3 Å². The second kappa shape index (κ2) is 7.68. The molecule has 6 nitrogen and oxygen atoms in total. The van der Waals surface area contributed by atoms with Gasteiger partial charge in [0.2, 0.25) is 5.82 Å². The van der Waals surface area contributed by atoms with Crippen LogP contribution in [0.4, 0.5) is 10.1 Å². The number of carbonyl (C=O) groups excluding carboxylic acids is 1. The minimum atomic E-state index is -0.886. The van der Waals surface area contributed by atoms with Crippen LogP contribution in [-0.4, -0.2) is 24.0 Å². The molecule has 0 spiro atoms. The fourth-order valence-corrected chi connectivity index (χ4v) is 1.95. The molecule has 0 aliphatic heterocycles. The summed E-state index contributed by atoms with van der Waals surface area (Å²) in [5.74, 6) is -1.07. The lowest BCUT2D eigenvalue weighted by Crippen LogP contribution is -2.38. The second-order valence-corrected chi connectivity index (χ2v) is 5.09. The van der Waals surface area contributed by atoms with Gasteiger partial charge in [0, 0.05) is 18.2 Å². The van der Waals surface area contributed by atoms with Crippen LogP contribution in [0, 0.1) is 21.8 Å². The van der Waals surface area contributed by atoms with Crippen molar-refractivity contribution in [2.24, 2.45) is 5.92 Å². The lowest BCUT2D eigenvalue weighted by molar-refractivity contribution is -0.387. The van der Waals surface area contributed by atoms with Crippen LogP contribution in [0.5, 0.6) is 0 Å². The molecule has 116 valence electrons. The van der Waals surface area contributed by atoms with Crippen molar-refractivity contribution >= 4 is 11.7 Å². The maximum atomic E-state index is 13.9. The van der Waals surface area contributed by atoms with Crippen LogP contribution in [0.3, 0.4) is 0 Å². The number of carbonyl (C=O) groups is 1. The minimum absolute atomic E-state index is 0.0139. The smallest absolute Gasteiger partial charge is 0.322 e. The largest absolute Gasteiger partial charge is 0.468 e. The predicted molar refractivity (Wildman–Crippen MR) is 75.2 cm³/mol. The summed E-state index contributed by atoms with van der Waals surface area (Å²) >= 11 is 0. The number of hydrogen-bond donors (Lipinski definition) is 1. The molecule has 0 radical (unpaired) electrons. The molecular weight excluding hydrogens is 279 g/mol. The van der Waals surface area contributed by atoms with Crippen molar-refractivity contribution in [3.63, 3.8) is 0 Å². The third kappa shape index (κ3) is 4.78. The molecular formula is C14H19FN2O4. The van der Waals surface area contributed by atoms with Gasteiger partial charge in [-0.1, -0.05) is 26.0 Å². The van der Waals surface area contributed by atoms with E-state index in [0.717, 1.165) is 6.07 Å². The Morgan fingerprint density at radius 3 is 2.67 bits per heavy atom. The Morgan fingerprint density at radius 1 is 1.48 bits per heavy atom. The van der Waals surface area contributed by atoms with Gasteiger partial charge in [-0.25, -0.2) is 0 Å². The number of nitrogens with one attached hydrogen (secondary N) is 1. The number of methoxy groups -OCH3 is 1. The molecule has 7 heteroatoms. The van der Waals surface area contributed by atoms with E-state index in [4.69, 9.17) is 4.74 Å². The first-order chi connectivity index (χ1) is 9.86. The highest BCUT2D eigenvalue weighted by Crippen LogP contribution is 2.20. The minimum Gasteiger partial charge on any atom is -0.468 e. The third-order valence-corrected chi connectivity index (χ3v) is 2.99. The van der Waals surface area contributed by atoms with Crippen LogP contribution < -0.4 is 5.32 Å². The molecule has 1 rings (SSSR count). The first-order valence-electron chi connectivity index (χ1n) is 6.59. The second-order valence-electron chi connectivity index (χ2n) is 5.09. The highest BCUT2D eigenvalue weighted by molar-refractivity contribution is 5.75. The molecule has 0 aliphatic carbocycles. The summed E-state index contributed by atoms with van der Waals surface area (Å²) in [4.78, 5) is 21.6. The van der Waals surface area contributed by atoms with E-state index in [-0.39, 0.29) is 18.0 Å². The van der Waals surface area contributed by atoms with Gasteiger partial charge in [0.1, 0.15) is 6.04 Å². The molecule has 1 aromatic carbocycles. The van der Waals surface area contributed by atoms with Gasteiger partial charge in [-0.05, 0) is 12.3 Å². The summed E-state index contributed by atoms with van der Waals surface area (Å²) in [6.07, 6.45) is 0.531. The van der Waals surface area contributed by atoms with Crippen LogP contribution in [-0.2, 0) is 16.1 Å². The van der Waals surface area contributed by atoms with Crippen molar-refractivity contribution in [3.05, 3.63) is 39.7 Å². The molecule has 0 saturated carbocycles. The van der Waals surface area contributed by atoms with Gasteiger partial charge >= 0.3 is 11.7 Å². The molecule has 0 heterocycles. The van der Waals surface area contributed by atoms with E-state index >= 15 is 0 Å². The van der Waals surface area contributed by atoms with Crippen molar-refractivity contribution in [2.75, 3.05) is 7.11 Å². The van der Waals surface area contributed by atoms with Crippen molar-refractivity contribution in [2.45, 2.75) is 32.9 Å². The van der Waals surface area contributed by atoms with Crippen molar-refractivity contribution < 1.29 is 18.8 Å². The van der Waals surface area contributed by atoms with Gasteiger partial charge in [0.05, 0.1) is 12.0 Å². The summed E-state index contributed by atoms with van der Waals surface area (Å²) in [6.45, 7) is 3.91. The number of benzene rings is 1. The van der Waals surface area contributed by atoms with Gasteiger partial charge in [0.25, 0.3) is 0 Å². The van der Waals surface area contributed by atoms with Crippen LogP contribution >= 0.6 is 0 Å². The van der Waals surface area contributed by atoms with Crippen LogP contribution in [0.25, 0.3) is 0 Å². The van der Waals surface area contributed by atoms with Crippen LogP contribution in [0.15, 0.2) is 18.2 Å².